The van der Waals surface area contributed by atoms with Crippen molar-refractivity contribution < 1.29 is 43.9 Å². The summed E-state index contributed by atoms with van der Waals surface area (Å²) in [7, 11) is 0. The molecule has 0 N–H and O–H groups in total. The first kappa shape index (κ1) is 15.3. The van der Waals surface area contributed by atoms with Crippen molar-refractivity contribution in [1.29, 1.82) is 0 Å². The van der Waals surface area contributed by atoms with Crippen molar-refractivity contribution in [2.75, 3.05) is 6.67 Å². The van der Waals surface area contributed by atoms with Crippen molar-refractivity contribution in [1.82, 2.24) is 0 Å². The van der Waals surface area contributed by atoms with E-state index in [0.717, 1.165) is 0 Å². The SMILES string of the molecule is FCC(F)(CC(F)(F)F)C(F)(F)C(F)(F)F. The number of halogens is 10. The summed E-state index contributed by atoms with van der Waals surface area (Å²) in [5.74, 6) is -6.41. The number of hydrogen-bond acceptors (Lipinski definition) is 0. The Morgan fingerprint density at radius 3 is 1.25 bits per heavy atom. The first-order chi connectivity index (χ1) is 6.77. The van der Waals surface area contributed by atoms with Gasteiger partial charge in [-0.05, 0) is 0 Å². The minimum atomic E-state index is -6.60. The van der Waals surface area contributed by atoms with Crippen LogP contribution in [0.15, 0.2) is 0 Å². The lowest BCUT2D eigenvalue weighted by Gasteiger charge is -2.32. The van der Waals surface area contributed by atoms with Gasteiger partial charge in [-0.1, -0.05) is 0 Å². The molecule has 0 aliphatic carbocycles. The van der Waals surface area contributed by atoms with Crippen molar-refractivity contribution in [2.45, 2.75) is 30.4 Å². The highest BCUT2D eigenvalue weighted by molar-refractivity contribution is 4.99. The summed E-state index contributed by atoms with van der Waals surface area (Å²) in [6.45, 7) is -3.10. The Balaban J connectivity index is 5.26. The predicted molar refractivity (Wildman–Crippen MR) is 31.5 cm³/mol. The second-order valence-electron chi connectivity index (χ2n) is 2.96. The summed E-state index contributed by atoms with van der Waals surface area (Å²) in [6.07, 6.45) is -15.5. The summed E-state index contributed by atoms with van der Waals surface area (Å²) in [5, 5.41) is 0. The van der Waals surface area contributed by atoms with Gasteiger partial charge in [0.05, 0.1) is 6.42 Å². The quantitative estimate of drug-likeness (QED) is 0.681. The maximum atomic E-state index is 12.7. The Morgan fingerprint density at radius 1 is 0.688 bits per heavy atom. The Kier molecular flexibility index (Phi) is 3.78. The van der Waals surface area contributed by atoms with E-state index in [1.165, 1.54) is 0 Å². The molecule has 0 fully saturated rings. The van der Waals surface area contributed by atoms with Gasteiger partial charge in [0.1, 0.15) is 6.67 Å². The smallest absolute Gasteiger partial charge is 0.247 e. The lowest BCUT2D eigenvalue weighted by atomic mass is 9.94. The fourth-order valence-electron chi connectivity index (χ4n) is 0.814. The van der Waals surface area contributed by atoms with Crippen LogP contribution < -0.4 is 0 Å². The molecule has 1 atom stereocenters. The maximum Gasteiger partial charge on any atom is 0.456 e. The van der Waals surface area contributed by atoms with Crippen molar-refractivity contribution in [3.05, 3.63) is 0 Å². The van der Waals surface area contributed by atoms with Crippen LogP contribution in [-0.4, -0.2) is 30.6 Å². The molecule has 0 radical (unpaired) electrons. The average molecular weight is 266 g/mol. The Morgan fingerprint density at radius 2 is 1.06 bits per heavy atom. The van der Waals surface area contributed by atoms with Crippen LogP contribution in [0.4, 0.5) is 43.9 Å². The van der Waals surface area contributed by atoms with E-state index < -0.39 is 37.0 Å². The summed E-state index contributed by atoms with van der Waals surface area (Å²) in [6, 6.07) is 0. The Labute approximate surface area is 82.2 Å². The molecule has 1 unspecified atom stereocenters. The Bertz CT molecular complexity index is 237. The largest absolute Gasteiger partial charge is 0.456 e. The molecule has 0 aliphatic heterocycles. The van der Waals surface area contributed by atoms with Gasteiger partial charge in [-0.15, -0.1) is 0 Å². The van der Waals surface area contributed by atoms with Gasteiger partial charge in [-0.3, -0.25) is 0 Å². The monoisotopic (exact) mass is 266 g/mol. The third-order valence-electron chi connectivity index (χ3n) is 1.61. The summed E-state index contributed by atoms with van der Waals surface area (Å²) in [5.41, 5.74) is -5.34. The van der Waals surface area contributed by atoms with E-state index in [4.69, 9.17) is 0 Å². The van der Waals surface area contributed by atoms with Gasteiger partial charge in [0.15, 0.2) is 0 Å². The molecule has 0 aromatic carbocycles. The molecule has 98 valence electrons. The Hall–Kier alpha value is -0.700. The second kappa shape index (κ2) is 3.95. The van der Waals surface area contributed by atoms with Gasteiger partial charge < -0.3 is 0 Å². The van der Waals surface area contributed by atoms with Gasteiger partial charge in [-0.2, -0.15) is 35.1 Å². The van der Waals surface area contributed by atoms with Crippen LogP contribution in [0.25, 0.3) is 0 Å². The third-order valence-corrected chi connectivity index (χ3v) is 1.61. The molecule has 0 nitrogen and oxygen atoms in total. The number of alkyl halides is 10. The normalized spacial score (nSPS) is 18.4. The van der Waals surface area contributed by atoms with E-state index in [0.29, 0.717) is 0 Å². The molecular weight excluding hydrogens is 262 g/mol. The van der Waals surface area contributed by atoms with Crippen molar-refractivity contribution >= 4 is 0 Å². The average Bonchev–Trinajstić information content (AvgIpc) is 1.98. The van der Waals surface area contributed by atoms with Crippen LogP contribution >= 0.6 is 0 Å². The zero-order valence-electron chi connectivity index (χ0n) is 7.19. The molecule has 16 heavy (non-hydrogen) atoms. The lowest BCUT2D eigenvalue weighted by Crippen LogP contribution is -2.57. The van der Waals surface area contributed by atoms with Crippen molar-refractivity contribution in [2.24, 2.45) is 0 Å². The van der Waals surface area contributed by atoms with E-state index in [-0.39, 0.29) is 0 Å². The topological polar surface area (TPSA) is 0 Å². The molecule has 0 aliphatic rings. The van der Waals surface area contributed by atoms with Crippen molar-refractivity contribution in [3.8, 4) is 0 Å². The molecule has 0 bridgehead atoms. The standard InChI is InChI=1S/C6H4F10/c7-2-3(8,1-4(9,10)11)5(12,13)6(14,15)16/h1-2H2. The van der Waals surface area contributed by atoms with Crippen LogP contribution in [-0.2, 0) is 0 Å². The van der Waals surface area contributed by atoms with Crippen LogP contribution in [0, 0.1) is 0 Å². The summed E-state index contributed by atoms with van der Waals surface area (Å²) >= 11 is 0. The first-order valence-electron chi connectivity index (χ1n) is 3.53. The minimum Gasteiger partial charge on any atom is -0.247 e. The van der Waals surface area contributed by atoms with E-state index in [1.807, 2.05) is 0 Å². The van der Waals surface area contributed by atoms with E-state index in [2.05, 4.69) is 0 Å². The molecule has 0 heterocycles. The molecule has 0 rings (SSSR count). The summed E-state index contributed by atoms with van der Waals surface area (Å²) in [4.78, 5) is 0. The van der Waals surface area contributed by atoms with E-state index >= 15 is 0 Å². The second-order valence-corrected chi connectivity index (χ2v) is 2.96. The maximum absolute atomic E-state index is 12.7. The predicted octanol–water partition coefficient (Wildman–Crippen LogP) is 3.81. The van der Waals surface area contributed by atoms with Gasteiger partial charge in [-0.25, -0.2) is 8.78 Å². The van der Waals surface area contributed by atoms with Crippen LogP contribution in [0.5, 0.6) is 0 Å². The van der Waals surface area contributed by atoms with Gasteiger partial charge >= 0.3 is 18.3 Å². The minimum absolute atomic E-state index is 3.10. The van der Waals surface area contributed by atoms with Gasteiger partial charge in [0.2, 0.25) is 5.67 Å². The zero-order valence-corrected chi connectivity index (χ0v) is 7.19. The van der Waals surface area contributed by atoms with E-state index in [9.17, 15) is 43.9 Å². The highest BCUT2D eigenvalue weighted by atomic mass is 19.4. The zero-order chi connectivity index (χ0) is 13.4. The molecular formula is C6H4F10. The fourth-order valence-corrected chi connectivity index (χ4v) is 0.814. The molecule has 0 saturated heterocycles. The molecule has 0 amide bonds. The van der Waals surface area contributed by atoms with Crippen LogP contribution in [0.2, 0.25) is 0 Å². The first-order valence-corrected chi connectivity index (χ1v) is 3.53. The lowest BCUT2D eigenvalue weighted by molar-refractivity contribution is -0.341. The molecule has 0 aromatic rings. The number of hydrogen-bond donors (Lipinski definition) is 0. The highest BCUT2D eigenvalue weighted by Crippen LogP contribution is 2.49. The molecule has 0 saturated carbocycles. The van der Waals surface area contributed by atoms with Crippen molar-refractivity contribution in [3.63, 3.8) is 0 Å². The summed E-state index contributed by atoms with van der Waals surface area (Å²) < 4.78 is 118. The highest BCUT2D eigenvalue weighted by Gasteiger charge is 2.73. The fraction of sp³-hybridized carbons (Fsp3) is 1.00. The van der Waals surface area contributed by atoms with Crippen LogP contribution in [0.3, 0.4) is 0 Å². The third kappa shape index (κ3) is 2.91. The van der Waals surface area contributed by atoms with Crippen LogP contribution in [0.1, 0.15) is 6.42 Å². The van der Waals surface area contributed by atoms with Gasteiger partial charge in [0.25, 0.3) is 0 Å². The molecule has 10 heteroatoms. The van der Waals surface area contributed by atoms with E-state index in [1.54, 1.807) is 0 Å². The number of rotatable bonds is 3. The van der Waals surface area contributed by atoms with Gasteiger partial charge in [0, 0.05) is 0 Å². The molecule has 0 spiro atoms. The molecule has 0 aromatic heterocycles.